The molecule has 21 heavy (non-hydrogen) atoms. The van der Waals surface area contributed by atoms with Gasteiger partial charge in [0.15, 0.2) is 23.3 Å². The second-order valence-electron chi connectivity index (χ2n) is 4.52. The molecular weight excluding hydrogens is 359 g/mol. The van der Waals surface area contributed by atoms with Gasteiger partial charge in [0.05, 0.1) is 5.56 Å². The molecule has 0 saturated carbocycles. The molecule has 0 radical (unpaired) electrons. The third kappa shape index (κ3) is 2.55. The molecule has 0 heterocycles. The van der Waals surface area contributed by atoms with Gasteiger partial charge in [-0.05, 0) is 24.6 Å². The van der Waals surface area contributed by atoms with Crippen LogP contribution in [0.3, 0.4) is 0 Å². The average molecular weight is 367 g/mol. The Kier molecular flexibility index (Phi) is 4.08. The van der Waals surface area contributed by atoms with E-state index in [0.29, 0.717) is 4.47 Å². The van der Waals surface area contributed by atoms with Gasteiger partial charge in [-0.2, -0.15) is 0 Å². The standard InChI is InChI=1S/C14H8BrF5O/c1-14(21,6-2-4-7(15)5-3-6)8-9(16)11(18)13(20)12(19)10(8)17/h2-5,21H,1H3. The number of hydrogen-bond donors (Lipinski definition) is 1. The number of benzene rings is 2. The van der Waals surface area contributed by atoms with Gasteiger partial charge in [-0.1, -0.05) is 28.1 Å². The van der Waals surface area contributed by atoms with Crippen LogP contribution in [0.4, 0.5) is 22.0 Å². The van der Waals surface area contributed by atoms with Gasteiger partial charge in [0.25, 0.3) is 0 Å². The normalized spacial score (nSPS) is 14.1. The number of halogens is 6. The third-order valence-corrected chi connectivity index (χ3v) is 3.63. The highest BCUT2D eigenvalue weighted by atomic mass is 79.9. The number of rotatable bonds is 2. The van der Waals surface area contributed by atoms with E-state index in [4.69, 9.17) is 0 Å². The first kappa shape index (κ1) is 15.9. The Morgan fingerprint density at radius 2 is 1.19 bits per heavy atom. The van der Waals surface area contributed by atoms with E-state index in [1.807, 2.05) is 0 Å². The Hall–Kier alpha value is -1.47. The van der Waals surface area contributed by atoms with Crippen LogP contribution in [0.15, 0.2) is 28.7 Å². The summed E-state index contributed by atoms with van der Waals surface area (Å²) in [5, 5.41) is 10.3. The van der Waals surface area contributed by atoms with Crippen molar-refractivity contribution in [3.8, 4) is 0 Å². The molecular formula is C14H8BrF5O. The molecule has 1 nitrogen and oxygen atoms in total. The minimum atomic E-state index is -2.38. The molecule has 0 aromatic heterocycles. The fourth-order valence-electron chi connectivity index (χ4n) is 1.95. The molecule has 0 amide bonds. The van der Waals surface area contributed by atoms with E-state index >= 15 is 0 Å². The van der Waals surface area contributed by atoms with Gasteiger partial charge in [-0.15, -0.1) is 0 Å². The molecule has 1 atom stereocenters. The zero-order valence-corrected chi connectivity index (χ0v) is 12.1. The largest absolute Gasteiger partial charge is 0.380 e. The van der Waals surface area contributed by atoms with Crippen LogP contribution in [-0.4, -0.2) is 5.11 Å². The van der Waals surface area contributed by atoms with Crippen LogP contribution in [0.5, 0.6) is 0 Å². The topological polar surface area (TPSA) is 20.2 Å². The molecule has 2 rings (SSSR count). The van der Waals surface area contributed by atoms with E-state index in [1.54, 1.807) is 0 Å². The summed E-state index contributed by atoms with van der Waals surface area (Å²) >= 11 is 3.13. The van der Waals surface area contributed by atoms with E-state index in [2.05, 4.69) is 15.9 Å². The summed E-state index contributed by atoms with van der Waals surface area (Å²) in [4.78, 5) is 0. The maximum Gasteiger partial charge on any atom is 0.200 e. The minimum absolute atomic E-state index is 0.0195. The van der Waals surface area contributed by atoms with Crippen LogP contribution < -0.4 is 0 Å². The fraction of sp³-hybridized carbons (Fsp3) is 0.143. The molecule has 7 heteroatoms. The summed E-state index contributed by atoms with van der Waals surface area (Å²) in [6.07, 6.45) is 0. The van der Waals surface area contributed by atoms with E-state index in [1.165, 1.54) is 24.3 Å². The smallest absolute Gasteiger partial charge is 0.200 e. The van der Waals surface area contributed by atoms with Gasteiger partial charge in [0.2, 0.25) is 5.82 Å². The Labute approximate surface area is 125 Å². The van der Waals surface area contributed by atoms with Gasteiger partial charge >= 0.3 is 0 Å². The number of aliphatic hydroxyl groups is 1. The molecule has 0 aliphatic rings. The predicted octanol–water partition coefficient (Wildman–Crippen LogP) is 4.40. The van der Waals surface area contributed by atoms with E-state index < -0.39 is 40.3 Å². The summed E-state index contributed by atoms with van der Waals surface area (Å²) in [5.41, 5.74) is -3.69. The molecule has 1 N–H and O–H groups in total. The molecule has 2 aromatic rings. The van der Waals surface area contributed by atoms with Crippen LogP contribution in [0.2, 0.25) is 0 Å². The predicted molar refractivity (Wildman–Crippen MR) is 69.0 cm³/mol. The monoisotopic (exact) mass is 366 g/mol. The second-order valence-corrected chi connectivity index (χ2v) is 5.44. The van der Waals surface area contributed by atoms with Crippen molar-refractivity contribution in [3.05, 3.63) is 69.0 Å². The maximum absolute atomic E-state index is 13.8. The lowest BCUT2D eigenvalue weighted by Crippen LogP contribution is -2.28. The van der Waals surface area contributed by atoms with Crippen molar-refractivity contribution in [2.45, 2.75) is 12.5 Å². The first-order valence-corrected chi connectivity index (χ1v) is 6.47. The third-order valence-electron chi connectivity index (χ3n) is 3.10. The first-order valence-electron chi connectivity index (χ1n) is 5.68. The maximum atomic E-state index is 13.8. The summed E-state index contributed by atoms with van der Waals surface area (Å²) in [5.74, 6) is -10.6. The highest BCUT2D eigenvalue weighted by Gasteiger charge is 2.37. The zero-order chi connectivity index (χ0) is 15.9. The Balaban J connectivity index is 2.73. The van der Waals surface area contributed by atoms with E-state index in [-0.39, 0.29) is 5.56 Å². The average Bonchev–Trinajstić information content (AvgIpc) is 2.43. The minimum Gasteiger partial charge on any atom is -0.380 e. The van der Waals surface area contributed by atoms with Gasteiger partial charge in [-0.25, -0.2) is 22.0 Å². The molecule has 0 aliphatic heterocycles. The van der Waals surface area contributed by atoms with Crippen molar-refractivity contribution in [1.29, 1.82) is 0 Å². The Bertz CT molecular complexity index is 668. The van der Waals surface area contributed by atoms with Crippen molar-refractivity contribution in [3.63, 3.8) is 0 Å². The Morgan fingerprint density at radius 3 is 1.62 bits per heavy atom. The zero-order valence-electron chi connectivity index (χ0n) is 10.5. The summed E-state index contributed by atoms with van der Waals surface area (Å²) in [6, 6.07) is 5.55. The summed E-state index contributed by atoms with van der Waals surface area (Å²) < 4.78 is 67.7. The molecule has 0 aliphatic carbocycles. The number of hydrogen-bond acceptors (Lipinski definition) is 1. The second kappa shape index (κ2) is 5.38. The van der Waals surface area contributed by atoms with Gasteiger partial charge in [0.1, 0.15) is 5.60 Å². The van der Waals surface area contributed by atoms with Gasteiger partial charge in [-0.3, -0.25) is 0 Å². The van der Waals surface area contributed by atoms with Crippen molar-refractivity contribution in [1.82, 2.24) is 0 Å². The highest BCUT2D eigenvalue weighted by molar-refractivity contribution is 9.10. The van der Waals surface area contributed by atoms with Crippen molar-refractivity contribution < 1.29 is 27.1 Å². The van der Waals surface area contributed by atoms with E-state index in [0.717, 1.165) is 6.92 Å². The molecule has 0 fully saturated rings. The van der Waals surface area contributed by atoms with E-state index in [9.17, 15) is 27.1 Å². The van der Waals surface area contributed by atoms with Crippen LogP contribution in [0.1, 0.15) is 18.1 Å². The molecule has 1 unspecified atom stereocenters. The van der Waals surface area contributed by atoms with Gasteiger partial charge < -0.3 is 5.11 Å². The lowest BCUT2D eigenvalue weighted by atomic mass is 9.87. The summed E-state index contributed by atoms with van der Waals surface area (Å²) in [7, 11) is 0. The van der Waals surface area contributed by atoms with Gasteiger partial charge in [0, 0.05) is 4.47 Å². The van der Waals surface area contributed by atoms with Crippen LogP contribution in [0.25, 0.3) is 0 Å². The molecule has 0 spiro atoms. The highest BCUT2D eigenvalue weighted by Crippen LogP contribution is 2.36. The first-order chi connectivity index (χ1) is 9.67. The van der Waals surface area contributed by atoms with Crippen molar-refractivity contribution in [2.75, 3.05) is 0 Å². The molecule has 0 bridgehead atoms. The van der Waals surface area contributed by atoms with Crippen molar-refractivity contribution in [2.24, 2.45) is 0 Å². The molecule has 112 valence electrons. The van der Waals surface area contributed by atoms with Crippen LogP contribution in [0, 0.1) is 29.1 Å². The molecule has 2 aromatic carbocycles. The quantitative estimate of drug-likeness (QED) is 0.474. The Morgan fingerprint density at radius 1 is 0.810 bits per heavy atom. The SMILES string of the molecule is CC(O)(c1ccc(Br)cc1)c1c(F)c(F)c(F)c(F)c1F. The van der Waals surface area contributed by atoms with Crippen LogP contribution in [-0.2, 0) is 5.60 Å². The summed E-state index contributed by atoms with van der Waals surface area (Å²) in [6.45, 7) is 0.953. The molecule has 0 saturated heterocycles. The lowest BCUT2D eigenvalue weighted by Gasteiger charge is -2.26. The lowest BCUT2D eigenvalue weighted by molar-refractivity contribution is 0.0904. The van der Waals surface area contributed by atoms with Crippen molar-refractivity contribution >= 4 is 15.9 Å². The van der Waals surface area contributed by atoms with Crippen LogP contribution >= 0.6 is 15.9 Å². The fourth-order valence-corrected chi connectivity index (χ4v) is 2.22.